The molecule has 1 spiro atoms. The fourth-order valence-corrected chi connectivity index (χ4v) is 3.02. The number of ether oxygens (including phenoxy) is 1. The largest absolute Gasteiger partial charge is 0.381 e. The van der Waals surface area contributed by atoms with Crippen LogP contribution in [-0.4, -0.2) is 43.5 Å². The van der Waals surface area contributed by atoms with E-state index in [4.69, 9.17) is 4.74 Å². The van der Waals surface area contributed by atoms with Crippen molar-refractivity contribution in [2.75, 3.05) is 26.8 Å². The van der Waals surface area contributed by atoms with E-state index >= 15 is 0 Å². The molecule has 0 amide bonds. The standard InChI is InChI=1S/C11H19NO2/c1-3-9(13)10-11(8-12(10)2)4-6-14-7-5-11/h10H,3-8H2,1-2H3. The molecule has 2 heterocycles. The molecule has 2 rings (SSSR count). The summed E-state index contributed by atoms with van der Waals surface area (Å²) in [6, 6.07) is 0.177. The molecule has 1 atom stereocenters. The maximum atomic E-state index is 11.8. The van der Waals surface area contributed by atoms with E-state index in [-0.39, 0.29) is 11.5 Å². The first kappa shape index (κ1) is 10.1. The minimum atomic E-state index is 0.177. The Morgan fingerprint density at radius 3 is 2.64 bits per heavy atom. The molecule has 0 aromatic heterocycles. The molecule has 3 nitrogen and oxygen atoms in total. The van der Waals surface area contributed by atoms with Crippen LogP contribution < -0.4 is 0 Å². The smallest absolute Gasteiger partial charge is 0.150 e. The molecule has 3 heteroatoms. The molecular formula is C11H19NO2. The van der Waals surface area contributed by atoms with Gasteiger partial charge in [0, 0.05) is 31.6 Å². The van der Waals surface area contributed by atoms with Crippen LogP contribution in [0.25, 0.3) is 0 Å². The van der Waals surface area contributed by atoms with Gasteiger partial charge in [-0.1, -0.05) is 6.92 Å². The normalized spacial score (nSPS) is 31.4. The minimum Gasteiger partial charge on any atom is -0.381 e. The lowest BCUT2D eigenvalue weighted by Gasteiger charge is -2.57. The number of hydrogen-bond acceptors (Lipinski definition) is 3. The summed E-state index contributed by atoms with van der Waals surface area (Å²) in [5, 5.41) is 0. The lowest BCUT2D eigenvalue weighted by molar-refractivity contribution is -0.154. The highest BCUT2D eigenvalue weighted by Gasteiger charge is 2.53. The van der Waals surface area contributed by atoms with Crippen molar-refractivity contribution in [3.8, 4) is 0 Å². The van der Waals surface area contributed by atoms with Crippen LogP contribution in [0.5, 0.6) is 0 Å². The van der Waals surface area contributed by atoms with Crippen LogP contribution in [0, 0.1) is 5.41 Å². The zero-order valence-corrected chi connectivity index (χ0v) is 9.08. The Bertz CT molecular complexity index is 228. The van der Waals surface area contributed by atoms with Gasteiger partial charge in [0.25, 0.3) is 0 Å². The molecule has 2 aliphatic heterocycles. The van der Waals surface area contributed by atoms with E-state index < -0.39 is 0 Å². The second kappa shape index (κ2) is 3.63. The molecule has 0 aromatic rings. The first-order chi connectivity index (χ1) is 6.69. The second-order valence-corrected chi connectivity index (χ2v) is 4.61. The summed E-state index contributed by atoms with van der Waals surface area (Å²) in [5.74, 6) is 0.403. The fourth-order valence-electron chi connectivity index (χ4n) is 3.02. The second-order valence-electron chi connectivity index (χ2n) is 4.61. The lowest BCUT2D eigenvalue weighted by Crippen LogP contribution is -2.67. The molecule has 0 saturated carbocycles. The predicted molar refractivity (Wildman–Crippen MR) is 54.2 cm³/mol. The zero-order valence-electron chi connectivity index (χ0n) is 9.08. The molecule has 0 N–H and O–H groups in total. The van der Waals surface area contributed by atoms with Gasteiger partial charge in [-0.15, -0.1) is 0 Å². The van der Waals surface area contributed by atoms with Gasteiger partial charge in [0.05, 0.1) is 6.04 Å². The Balaban J connectivity index is 2.09. The number of carbonyl (C=O) groups excluding carboxylic acids is 1. The average molecular weight is 197 g/mol. The molecular weight excluding hydrogens is 178 g/mol. The Hall–Kier alpha value is -0.410. The Morgan fingerprint density at radius 2 is 2.14 bits per heavy atom. The number of likely N-dealkylation sites (N-methyl/N-ethyl adjacent to an activating group) is 1. The Labute approximate surface area is 85.4 Å². The summed E-state index contributed by atoms with van der Waals surface area (Å²) in [5.41, 5.74) is 0.264. The molecule has 2 fully saturated rings. The highest BCUT2D eigenvalue weighted by Crippen LogP contribution is 2.45. The van der Waals surface area contributed by atoms with E-state index in [1.165, 1.54) is 0 Å². The number of carbonyl (C=O) groups is 1. The van der Waals surface area contributed by atoms with E-state index in [1.807, 2.05) is 6.92 Å². The summed E-state index contributed by atoms with van der Waals surface area (Å²) < 4.78 is 5.37. The highest BCUT2D eigenvalue weighted by molar-refractivity contribution is 5.85. The van der Waals surface area contributed by atoms with E-state index in [2.05, 4.69) is 11.9 Å². The Morgan fingerprint density at radius 1 is 1.50 bits per heavy atom. The van der Waals surface area contributed by atoms with Gasteiger partial charge in [0.15, 0.2) is 0 Å². The number of likely N-dealkylation sites (tertiary alicyclic amines) is 1. The third kappa shape index (κ3) is 1.39. The van der Waals surface area contributed by atoms with Crippen molar-refractivity contribution in [2.45, 2.75) is 32.2 Å². The van der Waals surface area contributed by atoms with E-state index in [0.717, 1.165) is 32.6 Å². The van der Waals surface area contributed by atoms with Crippen molar-refractivity contribution in [1.29, 1.82) is 0 Å². The predicted octanol–water partition coefficient (Wildman–Crippen LogP) is 1.08. The number of ketones is 1. The summed E-state index contributed by atoms with van der Waals surface area (Å²) >= 11 is 0. The van der Waals surface area contributed by atoms with Crippen molar-refractivity contribution in [1.82, 2.24) is 4.90 Å². The van der Waals surface area contributed by atoms with Crippen LogP contribution in [0.15, 0.2) is 0 Å². The van der Waals surface area contributed by atoms with Gasteiger partial charge in [-0.25, -0.2) is 0 Å². The summed E-state index contributed by atoms with van der Waals surface area (Å²) in [4.78, 5) is 14.0. The fraction of sp³-hybridized carbons (Fsp3) is 0.909. The molecule has 0 radical (unpaired) electrons. The van der Waals surface area contributed by atoms with Crippen LogP contribution in [0.1, 0.15) is 26.2 Å². The topological polar surface area (TPSA) is 29.5 Å². The minimum absolute atomic E-state index is 0.177. The SMILES string of the molecule is CCC(=O)C1N(C)CC12CCOCC2. The van der Waals surface area contributed by atoms with Crippen LogP contribution in [0.3, 0.4) is 0 Å². The number of rotatable bonds is 2. The summed E-state index contributed by atoms with van der Waals surface area (Å²) in [6.45, 7) is 4.71. The maximum absolute atomic E-state index is 11.8. The molecule has 2 aliphatic rings. The summed E-state index contributed by atoms with van der Waals surface area (Å²) in [6.07, 6.45) is 2.79. The first-order valence-electron chi connectivity index (χ1n) is 5.50. The molecule has 14 heavy (non-hydrogen) atoms. The van der Waals surface area contributed by atoms with Gasteiger partial charge in [0.2, 0.25) is 0 Å². The average Bonchev–Trinajstić information content (AvgIpc) is 2.18. The highest BCUT2D eigenvalue weighted by atomic mass is 16.5. The van der Waals surface area contributed by atoms with Gasteiger partial charge < -0.3 is 4.74 Å². The third-order valence-corrected chi connectivity index (χ3v) is 3.73. The van der Waals surface area contributed by atoms with Gasteiger partial charge in [0.1, 0.15) is 5.78 Å². The van der Waals surface area contributed by atoms with Gasteiger partial charge in [-0.2, -0.15) is 0 Å². The zero-order chi connectivity index (χ0) is 10.2. The number of Topliss-reactive ketones (excluding diaryl/α,β-unsaturated/α-hetero) is 1. The number of nitrogens with zero attached hydrogens (tertiary/aromatic N) is 1. The van der Waals surface area contributed by atoms with Gasteiger partial charge in [-0.3, -0.25) is 9.69 Å². The molecule has 80 valence electrons. The van der Waals surface area contributed by atoms with E-state index in [9.17, 15) is 4.79 Å². The van der Waals surface area contributed by atoms with Crippen molar-refractivity contribution in [3.05, 3.63) is 0 Å². The van der Waals surface area contributed by atoms with Crippen LogP contribution in [-0.2, 0) is 9.53 Å². The monoisotopic (exact) mass is 197 g/mol. The Kier molecular flexibility index (Phi) is 2.62. The van der Waals surface area contributed by atoms with Crippen LogP contribution in [0.4, 0.5) is 0 Å². The molecule has 0 bridgehead atoms. The van der Waals surface area contributed by atoms with Crippen LogP contribution >= 0.6 is 0 Å². The van der Waals surface area contributed by atoms with Crippen molar-refractivity contribution in [3.63, 3.8) is 0 Å². The van der Waals surface area contributed by atoms with E-state index in [0.29, 0.717) is 12.2 Å². The maximum Gasteiger partial charge on any atom is 0.150 e. The quantitative estimate of drug-likeness (QED) is 0.663. The van der Waals surface area contributed by atoms with Crippen molar-refractivity contribution < 1.29 is 9.53 Å². The van der Waals surface area contributed by atoms with Crippen molar-refractivity contribution in [2.24, 2.45) is 5.41 Å². The van der Waals surface area contributed by atoms with Crippen LogP contribution in [0.2, 0.25) is 0 Å². The van der Waals surface area contributed by atoms with Gasteiger partial charge in [-0.05, 0) is 19.9 Å². The molecule has 0 aromatic carbocycles. The molecule has 1 unspecified atom stereocenters. The van der Waals surface area contributed by atoms with Gasteiger partial charge >= 0.3 is 0 Å². The van der Waals surface area contributed by atoms with E-state index in [1.54, 1.807) is 0 Å². The molecule has 2 saturated heterocycles. The summed E-state index contributed by atoms with van der Waals surface area (Å²) in [7, 11) is 2.05. The number of hydrogen-bond donors (Lipinski definition) is 0. The third-order valence-electron chi connectivity index (χ3n) is 3.73. The molecule has 0 aliphatic carbocycles. The lowest BCUT2D eigenvalue weighted by atomic mass is 9.65. The van der Waals surface area contributed by atoms with Crippen molar-refractivity contribution >= 4 is 5.78 Å². The first-order valence-corrected chi connectivity index (χ1v) is 5.50.